The van der Waals surface area contributed by atoms with Gasteiger partial charge in [0.2, 0.25) is 0 Å². The highest BCUT2D eigenvalue weighted by Crippen LogP contribution is 2.30. The molecule has 2 aromatic heterocycles. The van der Waals surface area contributed by atoms with E-state index in [2.05, 4.69) is 41.1 Å². The Morgan fingerprint density at radius 3 is 2.34 bits per heavy atom. The molecule has 1 saturated heterocycles. The van der Waals surface area contributed by atoms with Gasteiger partial charge in [0.25, 0.3) is 10.2 Å². The van der Waals surface area contributed by atoms with Gasteiger partial charge in [0.15, 0.2) is 0 Å². The van der Waals surface area contributed by atoms with Crippen molar-refractivity contribution in [1.29, 1.82) is 0 Å². The zero-order valence-corrected chi connectivity index (χ0v) is 26.4. The second-order valence-corrected chi connectivity index (χ2v) is 13.9. The molecule has 1 fully saturated rings. The monoisotopic (exact) mass is 616 g/mol. The van der Waals surface area contributed by atoms with E-state index >= 15 is 0 Å². The SMILES string of the molecule is CC(C)(C)c1cc(NC(=O)Nc2ccc(OCCc3cccnc3)cc2)n(-c2ccc(CN3C(C)(C)[CH]NS3(=O)=O)cc2)n1. The van der Waals surface area contributed by atoms with E-state index in [9.17, 15) is 13.2 Å². The summed E-state index contributed by atoms with van der Waals surface area (Å²) < 4.78 is 36.3. The topological polar surface area (TPSA) is 130 Å². The normalized spacial score (nSPS) is 16.0. The van der Waals surface area contributed by atoms with Crippen molar-refractivity contribution >= 4 is 27.7 Å². The summed E-state index contributed by atoms with van der Waals surface area (Å²) >= 11 is 0. The number of pyridine rings is 1. The van der Waals surface area contributed by atoms with E-state index in [0.29, 0.717) is 23.9 Å². The molecule has 0 bridgehead atoms. The van der Waals surface area contributed by atoms with Gasteiger partial charge < -0.3 is 10.1 Å². The van der Waals surface area contributed by atoms with Crippen LogP contribution in [-0.2, 0) is 28.6 Å². The van der Waals surface area contributed by atoms with Gasteiger partial charge in [0.05, 0.1) is 24.5 Å². The summed E-state index contributed by atoms with van der Waals surface area (Å²) in [5.74, 6) is 1.20. The van der Waals surface area contributed by atoms with E-state index in [0.717, 1.165) is 28.9 Å². The van der Waals surface area contributed by atoms with Crippen LogP contribution in [0.15, 0.2) is 79.1 Å². The Morgan fingerprint density at radius 2 is 1.73 bits per heavy atom. The first-order valence-electron chi connectivity index (χ1n) is 14.3. The number of nitrogens with zero attached hydrogens (tertiary/aromatic N) is 4. The smallest absolute Gasteiger partial charge is 0.324 e. The number of aromatic nitrogens is 3. The number of carbonyl (C=O) groups excluding carboxylic acids is 1. The van der Waals surface area contributed by atoms with Crippen molar-refractivity contribution in [2.24, 2.45) is 0 Å². The summed E-state index contributed by atoms with van der Waals surface area (Å²) in [6, 6.07) is 20.0. The number of anilines is 2. The van der Waals surface area contributed by atoms with Crippen LogP contribution in [0.2, 0.25) is 0 Å². The fourth-order valence-electron chi connectivity index (χ4n) is 4.64. The van der Waals surface area contributed by atoms with E-state index in [1.54, 1.807) is 29.6 Å². The van der Waals surface area contributed by atoms with Gasteiger partial charge in [-0.05, 0) is 67.4 Å². The van der Waals surface area contributed by atoms with Crippen LogP contribution >= 0.6 is 0 Å². The second kappa shape index (κ2) is 12.4. The summed E-state index contributed by atoms with van der Waals surface area (Å²) in [5, 5.41) is 10.6. The first-order valence-corrected chi connectivity index (χ1v) is 15.8. The fourth-order valence-corrected chi connectivity index (χ4v) is 6.20. The van der Waals surface area contributed by atoms with Gasteiger partial charge >= 0.3 is 6.03 Å². The van der Waals surface area contributed by atoms with Crippen LogP contribution in [-0.4, -0.2) is 45.7 Å². The van der Waals surface area contributed by atoms with Crippen LogP contribution in [0.1, 0.15) is 51.4 Å². The maximum absolute atomic E-state index is 13.0. The van der Waals surface area contributed by atoms with Gasteiger partial charge in [-0.25, -0.2) is 9.48 Å². The lowest BCUT2D eigenvalue weighted by molar-refractivity contribution is 0.262. The number of benzene rings is 2. The Bertz CT molecular complexity index is 1700. The second-order valence-electron chi connectivity index (χ2n) is 12.2. The highest BCUT2D eigenvalue weighted by Gasteiger charge is 2.43. The van der Waals surface area contributed by atoms with Gasteiger partial charge in [-0.3, -0.25) is 10.3 Å². The summed E-state index contributed by atoms with van der Waals surface area (Å²) in [6.07, 6.45) is 4.31. The number of carbonyl (C=O) groups is 1. The molecule has 3 N–H and O–H groups in total. The van der Waals surface area contributed by atoms with Gasteiger partial charge in [-0.2, -0.15) is 22.5 Å². The predicted octanol–water partition coefficient (Wildman–Crippen LogP) is 5.42. The van der Waals surface area contributed by atoms with Crippen LogP contribution in [0.25, 0.3) is 5.69 Å². The average Bonchev–Trinajstić information content (AvgIpc) is 3.49. The van der Waals surface area contributed by atoms with Crippen LogP contribution in [0.4, 0.5) is 16.3 Å². The minimum absolute atomic E-state index is 0.216. The van der Waals surface area contributed by atoms with E-state index in [-0.39, 0.29) is 12.0 Å². The summed E-state index contributed by atoms with van der Waals surface area (Å²) in [5.41, 5.74) is 3.15. The molecule has 1 aliphatic rings. The average molecular weight is 617 g/mol. The highest BCUT2D eigenvalue weighted by molar-refractivity contribution is 7.87. The lowest BCUT2D eigenvalue weighted by Gasteiger charge is -2.27. The van der Waals surface area contributed by atoms with Crippen LogP contribution < -0.4 is 20.1 Å². The van der Waals surface area contributed by atoms with Crippen LogP contribution in [0, 0.1) is 6.54 Å². The molecule has 44 heavy (non-hydrogen) atoms. The first-order chi connectivity index (χ1) is 20.8. The Balaban J connectivity index is 1.25. The van der Waals surface area contributed by atoms with Crippen molar-refractivity contribution in [3.63, 3.8) is 0 Å². The van der Waals surface area contributed by atoms with E-state index in [4.69, 9.17) is 9.84 Å². The zero-order chi connectivity index (χ0) is 31.5. The molecule has 11 nitrogen and oxygen atoms in total. The van der Waals surface area contributed by atoms with Crippen molar-refractivity contribution in [2.45, 2.75) is 58.5 Å². The number of nitrogens with one attached hydrogen (secondary N) is 3. The lowest BCUT2D eigenvalue weighted by Crippen LogP contribution is -2.40. The molecule has 1 radical (unpaired) electrons. The maximum atomic E-state index is 13.0. The van der Waals surface area contributed by atoms with Crippen molar-refractivity contribution in [3.8, 4) is 11.4 Å². The predicted molar refractivity (Wildman–Crippen MR) is 171 cm³/mol. The molecule has 5 rings (SSSR count). The molecule has 12 heteroatoms. The molecule has 0 spiro atoms. The molecule has 0 aliphatic carbocycles. The summed E-state index contributed by atoms with van der Waals surface area (Å²) in [6.45, 7) is 12.1. The fraction of sp³-hybridized carbons (Fsp3) is 0.312. The van der Waals surface area contributed by atoms with Gasteiger partial charge in [-0.15, -0.1) is 0 Å². The molecule has 2 aromatic carbocycles. The number of ether oxygens (including phenoxy) is 1. The highest BCUT2D eigenvalue weighted by atomic mass is 32.2. The van der Waals surface area contributed by atoms with E-state index < -0.39 is 21.8 Å². The minimum atomic E-state index is -3.58. The molecule has 0 atom stereocenters. The molecule has 4 aromatic rings. The van der Waals surface area contributed by atoms with Gasteiger partial charge in [0, 0.05) is 48.1 Å². The Kier molecular flexibility index (Phi) is 8.78. The quantitative estimate of drug-likeness (QED) is 0.230. The van der Waals surface area contributed by atoms with Crippen molar-refractivity contribution in [1.82, 2.24) is 23.8 Å². The molecule has 2 amide bonds. The van der Waals surface area contributed by atoms with Crippen molar-refractivity contribution in [2.75, 3.05) is 17.2 Å². The standard InChI is InChI=1S/C32H38N7O4S/c1-31(2,3)28-19-29(36-30(40)35-25-10-14-27(15-11-25)43-18-16-23-7-6-17-33-20-23)39(37-28)26-12-8-24(9-13-26)21-38-32(4,5)22-34-44(38,41)42/h6-15,17,19-20,22,34H,16,18,21H2,1-5H3,(H2,35,36,40). The summed E-state index contributed by atoms with van der Waals surface area (Å²) in [7, 11) is -3.58. The molecular weight excluding hydrogens is 578 g/mol. The number of urea groups is 1. The Morgan fingerprint density at radius 1 is 1.00 bits per heavy atom. The molecular formula is C32H38N7O4S. The van der Waals surface area contributed by atoms with Gasteiger partial charge in [-0.1, -0.05) is 39.0 Å². The van der Waals surface area contributed by atoms with Crippen LogP contribution in [0.3, 0.4) is 0 Å². The largest absolute Gasteiger partial charge is 0.493 e. The van der Waals surface area contributed by atoms with Gasteiger partial charge in [0.1, 0.15) is 11.6 Å². The third-order valence-corrected chi connectivity index (χ3v) is 8.81. The number of hydrogen-bond donors (Lipinski definition) is 3. The maximum Gasteiger partial charge on any atom is 0.324 e. The van der Waals surface area contributed by atoms with Crippen molar-refractivity contribution in [3.05, 3.63) is 102 Å². The third-order valence-electron chi connectivity index (χ3n) is 7.21. The molecule has 231 valence electrons. The van der Waals surface area contributed by atoms with E-state index in [1.807, 2.05) is 74.6 Å². The van der Waals surface area contributed by atoms with E-state index in [1.165, 1.54) is 4.31 Å². The zero-order valence-electron chi connectivity index (χ0n) is 25.5. The molecule has 3 heterocycles. The Labute approximate surface area is 258 Å². The Hall–Kier alpha value is -4.26. The lowest BCUT2D eigenvalue weighted by atomic mass is 9.92. The summed E-state index contributed by atoms with van der Waals surface area (Å²) in [4.78, 5) is 17.2. The number of rotatable bonds is 9. The molecule has 1 aliphatic heterocycles. The number of amides is 2. The number of hydrogen-bond acceptors (Lipinski definition) is 6. The van der Waals surface area contributed by atoms with Crippen LogP contribution in [0.5, 0.6) is 5.75 Å². The molecule has 0 saturated carbocycles. The molecule has 0 unspecified atom stereocenters. The minimum Gasteiger partial charge on any atom is -0.493 e. The first kappa shape index (κ1) is 31.2. The third kappa shape index (κ3) is 7.44. The van der Waals surface area contributed by atoms with Crippen molar-refractivity contribution < 1.29 is 17.9 Å².